The molecule has 0 amide bonds. The summed E-state index contributed by atoms with van der Waals surface area (Å²) in [5.74, 6) is 7.82. The van der Waals surface area contributed by atoms with Gasteiger partial charge < -0.3 is 4.74 Å². The standard InChI is InChI=1S/C13H20N2OS/c1-17-9-7-12(15-14)11-6-2-4-10-5-3-8-16-13(10)11/h2,4,6,12,15H,3,5,7-9,14H2,1H3. The van der Waals surface area contributed by atoms with Crippen molar-refractivity contribution in [3.05, 3.63) is 29.3 Å². The molecule has 1 atom stereocenters. The molecular formula is C13H20N2OS. The summed E-state index contributed by atoms with van der Waals surface area (Å²) in [6, 6.07) is 6.57. The molecule has 0 aromatic heterocycles. The zero-order valence-electron chi connectivity index (χ0n) is 10.2. The fourth-order valence-electron chi connectivity index (χ4n) is 2.25. The van der Waals surface area contributed by atoms with Gasteiger partial charge in [0.25, 0.3) is 0 Å². The number of nitrogens with two attached hydrogens (primary N) is 1. The highest BCUT2D eigenvalue weighted by Gasteiger charge is 2.19. The number of para-hydroxylation sites is 1. The molecule has 1 heterocycles. The number of benzene rings is 1. The van der Waals surface area contributed by atoms with Gasteiger partial charge in [-0.2, -0.15) is 11.8 Å². The van der Waals surface area contributed by atoms with Crippen molar-refractivity contribution in [2.45, 2.75) is 25.3 Å². The third kappa shape index (κ3) is 2.94. The summed E-state index contributed by atoms with van der Waals surface area (Å²) in [6.45, 7) is 0.823. The lowest BCUT2D eigenvalue weighted by Crippen LogP contribution is -2.29. The molecule has 3 nitrogen and oxygen atoms in total. The maximum absolute atomic E-state index is 5.81. The van der Waals surface area contributed by atoms with Crippen LogP contribution in [0.2, 0.25) is 0 Å². The van der Waals surface area contributed by atoms with E-state index >= 15 is 0 Å². The molecule has 0 fully saturated rings. The van der Waals surface area contributed by atoms with Crippen molar-refractivity contribution in [2.75, 3.05) is 18.6 Å². The second kappa shape index (κ2) is 6.28. The van der Waals surface area contributed by atoms with Crippen LogP contribution in [0.3, 0.4) is 0 Å². The molecule has 0 aliphatic carbocycles. The molecule has 4 heteroatoms. The van der Waals surface area contributed by atoms with Crippen LogP contribution in [0.1, 0.15) is 30.0 Å². The fourth-order valence-corrected chi connectivity index (χ4v) is 2.72. The van der Waals surface area contributed by atoms with Gasteiger partial charge in [-0.3, -0.25) is 11.3 Å². The van der Waals surface area contributed by atoms with Gasteiger partial charge in [-0.1, -0.05) is 18.2 Å². The first kappa shape index (κ1) is 12.7. The van der Waals surface area contributed by atoms with Crippen LogP contribution in [-0.2, 0) is 6.42 Å². The Morgan fingerprint density at radius 2 is 2.41 bits per heavy atom. The molecular weight excluding hydrogens is 232 g/mol. The number of fused-ring (bicyclic) bond motifs is 1. The van der Waals surface area contributed by atoms with Gasteiger partial charge in [-0.25, -0.2) is 0 Å². The van der Waals surface area contributed by atoms with Crippen molar-refractivity contribution in [3.8, 4) is 5.75 Å². The molecule has 1 aromatic rings. The molecule has 2 rings (SSSR count). The molecule has 0 saturated carbocycles. The molecule has 0 bridgehead atoms. The molecule has 0 spiro atoms. The highest BCUT2D eigenvalue weighted by Crippen LogP contribution is 2.34. The average Bonchev–Trinajstić information content (AvgIpc) is 2.40. The second-order valence-electron chi connectivity index (χ2n) is 4.29. The van der Waals surface area contributed by atoms with Crippen molar-refractivity contribution in [1.82, 2.24) is 5.43 Å². The summed E-state index contributed by atoms with van der Waals surface area (Å²) in [6.07, 6.45) is 5.37. The van der Waals surface area contributed by atoms with E-state index in [2.05, 4.69) is 29.9 Å². The predicted molar refractivity (Wildman–Crippen MR) is 73.3 cm³/mol. The lowest BCUT2D eigenvalue weighted by atomic mass is 9.97. The Morgan fingerprint density at radius 3 is 3.18 bits per heavy atom. The molecule has 94 valence electrons. The average molecular weight is 252 g/mol. The third-order valence-corrected chi connectivity index (χ3v) is 3.80. The molecule has 17 heavy (non-hydrogen) atoms. The predicted octanol–water partition coefficient (Wildman–Crippen LogP) is 2.27. The largest absolute Gasteiger partial charge is 0.493 e. The van der Waals surface area contributed by atoms with Crippen LogP contribution in [0.15, 0.2) is 18.2 Å². The number of hydrogen-bond donors (Lipinski definition) is 2. The Hall–Kier alpha value is -0.710. The van der Waals surface area contributed by atoms with Crippen molar-refractivity contribution in [2.24, 2.45) is 5.84 Å². The van der Waals surface area contributed by atoms with Crippen LogP contribution in [-0.4, -0.2) is 18.6 Å². The second-order valence-corrected chi connectivity index (χ2v) is 5.27. The molecule has 3 N–H and O–H groups in total. The molecule has 1 aliphatic heterocycles. The van der Waals surface area contributed by atoms with Gasteiger partial charge in [0.15, 0.2) is 0 Å². The van der Waals surface area contributed by atoms with E-state index < -0.39 is 0 Å². The first-order chi connectivity index (χ1) is 8.36. The molecule has 0 radical (unpaired) electrons. The highest BCUT2D eigenvalue weighted by molar-refractivity contribution is 7.98. The van der Waals surface area contributed by atoms with E-state index in [9.17, 15) is 0 Å². The van der Waals surface area contributed by atoms with Crippen LogP contribution < -0.4 is 16.0 Å². The van der Waals surface area contributed by atoms with Crippen LogP contribution >= 0.6 is 11.8 Å². The van der Waals surface area contributed by atoms with Crippen LogP contribution in [0.5, 0.6) is 5.75 Å². The first-order valence-corrected chi connectivity index (χ1v) is 7.46. The monoisotopic (exact) mass is 252 g/mol. The van der Waals surface area contributed by atoms with Crippen molar-refractivity contribution in [1.29, 1.82) is 0 Å². The van der Waals surface area contributed by atoms with Gasteiger partial charge in [0.05, 0.1) is 12.6 Å². The van der Waals surface area contributed by atoms with E-state index in [1.165, 1.54) is 11.1 Å². The number of nitrogens with one attached hydrogen (secondary N) is 1. The summed E-state index contributed by atoms with van der Waals surface area (Å²) in [4.78, 5) is 0. The van der Waals surface area contributed by atoms with E-state index in [1.807, 2.05) is 11.8 Å². The van der Waals surface area contributed by atoms with E-state index in [0.29, 0.717) is 0 Å². The molecule has 1 unspecified atom stereocenters. The van der Waals surface area contributed by atoms with E-state index in [0.717, 1.165) is 37.4 Å². The summed E-state index contributed by atoms with van der Waals surface area (Å²) in [5.41, 5.74) is 5.43. The lowest BCUT2D eigenvalue weighted by molar-refractivity contribution is 0.281. The highest BCUT2D eigenvalue weighted by atomic mass is 32.2. The van der Waals surface area contributed by atoms with Gasteiger partial charge in [0, 0.05) is 5.56 Å². The summed E-state index contributed by atoms with van der Waals surface area (Å²) < 4.78 is 5.81. The van der Waals surface area contributed by atoms with E-state index in [1.54, 1.807) is 0 Å². The minimum Gasteiger partial charge on any atom is -0.493 e. The normalized spacial score (nSPS) is 16.1. The smallest absolute Gasteiger partial charge is 0.127 e. The number of rotatable bonds is 5. The number of ether oxygens (including phenoxy) is 1. The SMILES string of the molecule is CSCCC(NN)c1cccc2c1OCCC2. The topological polar surface area (TPSA) is 47.3 Å². The summed E-state index contributed by atoms with van der Waals surface area (Å²) in [5, 5.41) is 0. The number of thioether (sulfide) groups is 1. The minimum atomic E-state index is 0.190. The lowest BCUT2D eigenvalue weighted by Gasteiger charge is -2.24. The Bertz CT molecular complexity index is 370. The maximum atomic E-state index is 5.81. The summed E-state index contributed by atoms with van der Waals surface area (Å²) >= 11 is 1.84. The fraction of sp³-hybridized carbons (Fsp3) is 0.538. The van der Waals surface area contributed by atoms with Crippen LogP contribution in [0, 0.1) is 0 Å². The van der Waals surface area contributed by atoms with Crippen molar-refractivity contribution < 1.29 is 4.74 Å². The van der Waals surface area contributed by atoms with Crippen LogP contribution in [0.4, 0.5) is 0 Å². The van der Waals surface area contributed by atoms with Gasteiger partial charge >= 0.3 is 0 Å². The van der Waals surface area contributed by atoms with E-state index in [-0.39, 0.29) is 6.04 Å². The maximum Gasteiger partial charge on any atom is 0.127 e. The zero-order valence-corrected chi connectivity index (χ0v) is 11.1. The molecule has 1 aliphatic rings. The van der Waals surface area contributed by atoms with Gasteiger partial charge in [-0.15, -0.1) is 0 Å². The Kier molecular flexibility index (Phi) is 4.71. The third-order valence-electron chi connectivity index (χ3n) is 3.15. The zero-order chi connectivity index (χ0) is 12.1. The van der Waals surface area contributed by atoms with E-state index in [4.69, 9.17) is 10.6 Å². The van der Waals surface area contributed by atoms with Crippen molar-refractivity contribution in [3.63, 3.8) is 0 Å². The number of hydrogen-bond acceptors (Lipinski definition) is 4. The first-order valence-electron chi connectivity index (χ1n) is 6.06. The van der Waals surface area contributed by atoms with Gasteiger partial charge in [0.1, 0.15) is 5.75 Å². The van der Waals surface area contributed by atoms with Gasteiger partial charge in [0.2, 0.25) is 0 Å². The van der Waals surface area contributed by atoms with Crippen LogP contribution in [0.25, 0.3) is 0 Å². The van der Waals surface area contributed by atoms with Crippen molar-refractivity contribution >= 4 is 11.8 Å². The number of aryl methyl sites for hydroxylation is 1. The quantitative estimate of drug-likeness (QED) is 0.623. The Morgan fingerprint density at radius 1 is 1.53 bits per heavy atom. The summed E-state index contributed by atoms with van der Waals surface area (Å²) in [7, 11) is 0. The molecule has 1 aromatic carbocycles. The minimum absolute atomic E-state index is 0.190. The van der Waals surface area contributed by atoms with Gasteiger partial charge in [-0.05, 0) is 36.8 Å². The Labute approximate surface area is 107 Å². The number of hydrazine groups is 1. The Balaban J connectivity index is 2.23. The molecule has 0 saturated heterocycles.